The molecular weight excluding hydrogens is 386 g/mol. The van der Waals surface area contributed by atoms with Gasteiger partial charge in [-0.1, -0.05) is 17.7 Å². The van der Waals surface area contributed by atoms with E-state index in [-0.39, 0.29) is 5.92 Å². The Kier molecular flexibility index (Phi) is 4.24. The lowest BCUT2D eigenvalue weighted by atomic mass is 10.0. The van der Waals surface area contributed by atoms with Gasteiger partial charge in [-0.25, -0.2) is 4.98 Å². The molecule has 0 spiro atoms. The molecule has 2 N–H and O–H groups in total. The molecule has 5 rings (SSSR count). The average molecular weight is 406 g/mol. The number of hydrogen-bond acceptors (Lipinski definition) is 5. The van der Waals surface area contributed by atoms with Crippen LogP contribution >= 0.6 is 11.6 Å². The second kappa shape index (κ2) is 6.93. The number of aryl methyl sites for hydroxylation is 1. The van der Waals surface area contributed by atoms with Crippen LogP contribution in [0.1, 0.15) is 11.5 Å². The van der Waals surface area contributed by atoms with Crippen molar-refractivity contribution in [2.75, 3.05) is 18.9 Å². The lowest BCUT2D eigenvalue weighted by Crippen LogP contribution is -2.12. The minimum absolute atomic E-state index is 0.269. The van der Waals surface area contributed by atoms with Crippen molar-refractivity contribution in [1.29, 1.82) is 0 Å². The van der Waals surface area contributed by atoms with E-state index in [0.29, 0.717) is 5.02 Å². The number of nitrogens with zero attached hydrogens (tertiary/aromatic N) is 5. The SMILES string of the molecule is CN1CC(c2ccc(Nc3cc4[nH]c(-c5cnn(C)c5)cc4cn3)c(Cl)c2)C=N1. The highest BCUT2D eigenvalue weighted by Gasteiger charge is 2.18. The third kappa shape index (κ3) is 3.45. The fraction of sp³-hybridized carbons (Fsp3) is 0.190. The van der Waals surface area contributed by atoms with Gasteiger partial charge in [0.1, 0.15) is 5.82 Å². The van der Waals surface area contributed by atoms with E-state index < -0.39 is 0 Å². The summed E-state index contributed by atoms with van der Waals surface area (Å²) in [6.07, 6.45) is 7.62. The van der Waals surface area contributed by atoms with Crippen LogP contribution in [-0.2, 0) is 7.05 Å². The van der Waals surface area contributed by atoms with Crippen LogP contribution in [0.15, 0.2) is 54.0 Å². The van der Waals surface area contributed by atoms with E-state index in [2.05, 4.69) is 37.6 Å². The predicted molar refractivity (Wildman–Crippen MR) is 117 cm³/mol. The Balaban J connectivity index is 1.39. The Morgan fingerprint density at radius 2 is 2.07 bits per heavy atom. The van der Waals surface area contributed by atoms with Gasteiger partial charge in [-0.05, 0) is 23.8 Å². The number of H-pyrrole nitrogens is 1. The van der Waals surface area contributed by atoms with Gasteiger partial charge in [0, 0.05) is 67.9 Å². The summed E-state index contributed by atoms with van der Waals surface area (Å²) in [5, 5.41) is 15.5. The first-order valence-corrected chi connectivity index (χ1v) is 9.72. The van der Waals surface area contributed by atoms with Crippen LogP contribution in [0.4, 0.5) is 11.5 Å². The molecule has 29 heavy (non-hydrogen) atoms. The van der Waals surface area contributed by atoms with E-state index in [1.807, 2.05) is 62.1 Å². The third-order valence-corrected chi connectivity index (χ3v) is 5.42. The number of likely N-dealkylation sites (N-methyl/N-ethyl adjacent to an activating group) is 1. The van der Waals surface area contributed by atoms with E-state index in [1.165, 1.54) is 0 Å². The number of aromatic nitrogens is 4. The normalized spacial score (nSPS) is 16.1. The van der Waals surface area contributed by atoms with Gasteiger partial charge in [0.15, 0.2) is 0 Å². The summed E-state index contributed by atoms with van der Waals surface area (Å²) in [5.41, 5.74) is 5.03. The Labute approximate surface area is 173 Å². The van der Waals surface area contributed by atoms with Crippen LogP contribution in [0.5, 0.6) is 0 Å². The first-order valence-electron chi connectivity index (χ1n) is 9.35. The summed E-state index contributed by atoms with van der Waals surface area (Å²) in [7, 11) is 3.87. The maximum atomic E-state index is 6.53. The first kappa shape index (κ1) is 17.8. The largest absolute Gasteiger partial charge is 0.354 e. The minimum atomic E-state index is 0.269. The van der Waals surface area contributed by atoms with Gasteiger partial charge in [0.05, 0.1) is 22.4 Å². The summed E-state index contributed by atoms with van der Waals surface area (Å²) in [4.78, 5) is 7.96. The number of rotatable bonds is 4. The first-order chi connectivity index (χ1) is 14.0. The molecule has 8 heteroatoms. The number of hydrazone groups is 1. The second-order valence-electron chi connectivity index (χ2n) is 7.32. The van der Waals surface area contributed by atoms with Crippen molar-refractivity contribution in [1.82, 2.24) is 24.8 Å². The maximum absolute atomic E-state index is 6.53. The quantitative estimate of drug-likeness (QED) is 0.528. The summed E-state index contributed by atoms with van der Waals surface area (Å²) < 4.78 is 1.78. The van der Waals surface area contributed by atoms with Crippen molar-refractivity contribution >= 4 is 40.2 Å². The fourth-order valence-electron chi connectivity index (χ4n) is 3.58. The van der Waals surface area contributed by atoms with Crippen molar-refractivity contribution in [3.05, 3.63) is 59.5 Å². The number of halogens is 1. The zero-order valence-corrected chi connectivity index (χ0v) is 16.9. The smallest absolute Gasteiger partial charge is 0.132 e. The maximum Gasteiger partial charge on any atom is 0.132 e. The van der Waals surface area contributed by atoms with Crippen LogP contribution in [0.3, 0.4) is 0 Å². The number of pyridine rings is 1. The molecule has 1 aromatic carbocycles. The van der Waals surface area contributed by atoms with Crippen LogP contribution in [0.25, 0.3) is 22.2 Å². The van der Waals surface area contributed by atoms with Crippen molar-refractivity contribution in [3.63, 3.8) is 0 Å². The highest BCUT2D eigenvalue weighted by Crippen LogP contribution is 2.31. The second-order valence-corrected chi connectivity index (χ2v) is 7.73. The molecule has 7 nitrogen and oxygen atoms in total. The molecule has 4 aromatic rings. The summed E-state index contributed by atoms with van der Waals surface area (Å²) in [6, 6.07) is 10.1. The molecule has 3 aromatic heterocycles. The van der Waals surface area contributed by atoms with Crippen molar-refractivity contribution in [3.8, 4) is 11.3 Å². The predicted octanol–water partition coefficient (Wildman–Crippen LogP) is 4.38. The van der Waals surface area contributed by atoms with Crippen LogP contribution < -0.4 is 5.32 Å². The zero-order chi connectivity index (χ0) is 20.0. The Morgan fingerprint density at radius 1 is 1.17 bits per heavy atom. The number of fused-ring (bicyclic) bond motifs is 1. The molecule has 1 unspecified atom stereocenters. The number of nitrogens with one attached hydrogen (secondary N) is 2. The Hall–Kier alpha value is -3.32. The Bertz CT molecular complexity index is 1220. The van der Waals surface area contributed by atoms with Gasteiger partial charge < -0.3 is 10.3 Å². The number of aromatic amines is 1. The van der Waals surface area contributed by atoms with Gasteiger partial charge in [0.2, 0.25) is 0 Å². The highest BCUT2D eigenvalue weighted by molar-refractivity contribution is 6.33. The monoisotopic (exact) mass is 405 g/mol. The number of hydrogen-bond donors (Lipinski definition) is 2. The molecule has 1 aliphatic heterocycles. The molecule has 0 saturated heterocycles. The van der Waals surface area contributed by atoms with Crippen molar-refractivity contribution in [2.45, 2.75) is 5.92 Å². The summed E-state index contributed by atoms with van der Waals surface area (Å²) in [6.45, 7) is 0.868. The molecule has 0 aliphatic carbocycles. The molecule has 0 amide bonds. The van der Waals surface area contributed by atoms with Gasteiger partial charge in [-0.3, -0.25) is 9.69 Å². The molecule has 0 radical (unpaired) electrons. The van der Waals surface area contributed by atoms with Gasteiger partial charge >= 0.3 is 0 Å². The minimum Gasteiger partial charge on any atom is -0.354 e. The molecule has 0 saturated carbocycles. The standard InChI is InChI=1S/C21H20ClN7/c1-28-11-15(9-24-28)13-3-4-18(17(22)5-13)27-21-7-20-14(8-23-21)6-19(26-20)16-10-25-29(2)12-16/h3-10,12,15,26H,11H2,1-2H3,(H,23,27). The van der Waals surface area contributed by atoms with Crippen LogP contribution in [0.2, 0.25) is 5.02 Å². The highest BCUT2D eigenvalue weighted by atomic mass is 35.5. The third-order valence-electron chi connectivity index (χ3n) is 5.11. The van der Waals surface area contributed by atoms with Crippen LogP contribution in [0, 0.1) is 0 Å². The van der Waals surface area contributed by atoms with Gasteiger partial charge in [-0.2, -0.15) is 10.2 Å². The molecule has 146 valence electrons. The van der Waals surface area contributed by atoms with E-state index in [9.17, 15) is 0 Å². The molecular formula is C21H20ClN7. The Morgan fingerprint density at radius 3 is 2.79 bits per heavy atom. The van der Waals surface area contributed by atoms with E-state index in [0.717, 1.165) is 45.8 Å². The molecule has 0 fully saturated rings. The fourth-order valence-corrected chi connectivity index (χ4v) is 3.81. The van der Waals surface area contributed by atoms with Gasteiger partial charge in [-0.15, -0.1) is 0 Å². The molecule has 1 aliphatic rings. The van der Waals surface area contributed by atoms with Crippen molar-refractivity contribution in [2.24, 2.45) is 12.1 Å². The molecule has 0 bridgehead atoms. The van der Waals surface area contributed by atoms with E-state index >= 15 is 0 Å². The van der Waals surface area contributed by atoms with E-state index in [1.54, 1.807) is 4.68 Å². The zero-order valence-electron chi connectivity index (χ0n) is 16.1. The molecule has 1 atom stereocenters. The summed E-state index contributed by atoms with van der Waals surface area (Å²) >= 11 is 6.53. The lowest BCUT2D eigenvalue weighted by molar-refractivity contribution is 0.381. The number of benzene rings is 1. The topological polar surface area (TPSA) is 74.1 Å². The van der Waals surface area contributed by atoms with Crippen LogP contribution in [-0.4, -0.2) is 44.6 Å². The van der Waals surface area contributed by atoms with E-state index in [4.69, 9.17) is 11.6 Å². The number of anilines is 2. The van der Waals surface area contributed by atoms with Gasteiger partial charge in [0.25, 0.3) is 0 Å². The lowest BCUT2D eigenvalue weighted by Gasteiger charge is -2.13. The molecule has 4 heterocycles. The summed E-state index contributed by atoms with van der Waals surface area (Å²) in [5.74, 6) is 1.000. The van der Waals surface area contributed by atoms with Crippen molar-refractivity contribution < 1.29 is 0 Å². The average Bonchev–Trinajstić information content (AvgIpc) is 3.42.